The van der Waals surface area contributed by atoms with E-state index in [1.807, 2.05) is 6.07 Å². The molecule has 0 spiro atoms. The first-order valence-electron chi connectivity index (χ1n) is 7.98. The Morgan fingerprint density at radius 1 is 1.20 bits per heavy atom. The van der Waals surface area contributed by atoms with Crippen LogP contribution in [0.5, 0.6) is 0 Å². The third-order valence-electron chi connectivity index (χ3n) is 4.39. The zero-order chi connectivity index (χ0) is 18.0. The lowest BCUT2D eigenvalue weighted by molar-refractivity contribution is -0.137. The van der Waals surface area contributed by atoms with Crippen molar-refractivity contribution in [3.8, 4) is 0 Å². The summed E-state index contributed by atoms with van der Waals surface area (Å²) in [6.07, 6.45) is 0.286. The second-order valence-electron chi connectivity index (χ2n) is 6.15. The van der Waals surface area contributed by atoms with Crippen LogP contribution in [0.2, 0.25) is 5.02 Å². The van der Waals surface area contributed by atoms with Crippen molar-refractivity contribution in [3.63, 3.8) is 0 Å². The van der Waals surface area contributed by atoms with Gasteiger partial charge in [0.25, 0.3) is 0 Å². The number of carboxylic acids is 1. The highest BCUT2D eigenvalue weighted by molar-refractivity contribution is 6.31. The predicted molar refractivity (Wildman–Crippen MR) is 91.8 cm³/mol. The molecule has 0 radical (unpaired) electrons. The Labute approximate surface area is 149 Å². The highest BCUT2D eigenvalue weighted by Gasteiger charge is 2.46. The SMILES string of the molecule is O=C(O)CC(NC(=O)C1CC1c1c(F)cccc1Cl)c1ccccc1. The Bertz CT molecular complexity index is 776. The van der Waals surface area contributed by atoms with Crippen molar-refractivity contribution < 1.29 is 19.1 Å². The lowest BCUT2D eigenvalue weighted by Gasteiger charge is -2.17. The first kappa shape index (κ1) is 17.4. The molecule has 4 nitrogen and oxygen atoms in total. The van der Waals surface area contributed by atoms with Crippen LogP contribution in [-0.2, 0) is 9.59 Å². The van der Waals surface area contributed by atoms with Gasteiger partial charge in [-0.05, 0) is 24.1 Å². The number of carboxylic acid groups (broad SMARTS) is 1. The summed E-state index contributed by atoms with van der Waals surface area (Å²) in [4.78, 5) is 23.6. The number of carbonyl (C=O) groups is 2. The molecule has 3 atom stereocenters. The first-order valence-corrected chi connectivity index (χ1v) is 8.36. The molecule has 130 valence electrons. The van der Waals surface area contributed by atoms with Gasteiger partial charge in [0, 0.05) is 22.4 Å². The molecule has 1 aliphatic carbocycles. The maximum atomic E-state index is 14.0. The topological polar surface area (TPSA) is 66.4 Å². The number of aliphatic carboxylic acids is 1. The first-order chi connectivity index (χ1) is 12.0. The number of rotatable bonds is 6. The second-order valence-corrected chi connectivity index (χ2v) is 6.56. The monoisotopic (exact) mass is 361 g/mol. The molecule has 6 heteroatoms. The summed E-state index contributed by atoms with van der Waals surface area (Å²) in [6.45, 7) is 0. The standard InChI is InChI=1S/C19H17ClFNO3/c20-14-7-4-8-15(21)18(14)12-9-13(12)19(25)22-16(10-17(23)24)11-5-2-1-3-6-11/h1-8,12-13,16H,9-10H2,(H,22,25)(H,23,24). The molecule has 2 N–H and O–H groups in total. The third-order valence-corrected chi connectivity index (χ3v) is 4.72. The summed E-state index contributed by atoms with van der Waals surface area (Å²) < 4.78 is 14.0. The minimum atomic E-state index is -1.00. The highest BCUT2D eigenvalue weighted by Crippen LogP contribution is 2.50. The predicted octanol–water partition coefficient (Wildman–Crippen LogP) is 3.91. The van der Waals surface area contributed by atoms with Crippen LogP contribution in [0.4, 0.5) is 4.39 Å². The van der Waals surface area contributed by atoms with E-state index in [0.29, 0.717) is 17.0 Å². The summed E-state index contributed by atoms with van der Waals surface area (Å²) >= 11 is 6.06. The highest BCUT2D eigenvalue weighted by atomic mass is 35.5. The summed E-state index contributed by atoms with van der Waals surface area (Å²) in [5.41, 5.74) is 1.08. The van der Waals surface area contributed by atoms with Crippen molar-refractivity contribution in [1.29, 1.82) is 0 Å². The van der Waals surface area contributed by atoms with Crippen molar-refractivity contribution in [2.75, 3.05) is 0 Å². The maximum absolute atomic E-state index is 14.0. The molecule has 3 unspecified atom stereocenters. The number of amides is 1. The fourth-order valence-electron chi connectivity index (χ4n) is 3.06. The molecule has 0 saturated heterocycles. The van der Waals surface area contributed by atoms with Crippen molar-refractivity contribution in [2.45, 2.75) is 24.8 Å². The third kappa shape index (κ3) is 3.99. The minimum absolute atomic E-state index is 0.215. The van der Waals surface area contributed by atoms with E-state index in [9.17, 15) is 14.0 Å². The normalized spacial score (nSPS) is 19.9. The summed E-state index contributed by atoms with van der Waals surface area (Å²) in [5, 5.41) is 12.2. The summed E-state index contributed by atoms with van der Waals surface area (Å²) in [5.74, 6) is -2.36. The summed E-state index contributed by atoms with van der Waals surface area (Å²) in [6, 6.07) is 12.8. The average Bonchev–Trinajstić information content (AvgIpc) is 3.35. The van der Waals surface area contributed by atoms with Crippen molar-refractivity contribution in [1.82, 2.24) is 5.32 Å². The molecule has 0 aliphatic heterocycles. The largest absolute Gasteiger partial charge is 0.481 e. The van der Waals surface area contributed by atoms with Gasteiger partial charge in [0.05, 0.1) is 12.5 Å². The van der Waals surface area contributed by atoms with E-state index in [0.717, 1.165) is 5.56 Å². The Morgan fingerprint density at radius 3 is 2.56 bits per heavy atom. The van der Waals surface area contributed by atoms with E-state index in [2.05, 4.69) is 5.32 Å². The average molecular weight is 362 g/mol. The number of halogens is 2. The molecule has 2 aromatic carbocycles. The van der Waals surface area contributed by atoms with Crippen LogP contribution in [0.1, 0.15) is 35.9 Å². The van der Waals surface area contributed by atoms with E-state index in [-0.39, 0.29) is 18.2 Å². The Balaban J connectivity index is 1.72. The number of nitrogens with one attached hydrogen (secondary N) is 1. The summed E-state index contributed by atoms with van der Waals surface area (Å²) in [7, 11) is 0. The van der Waals surface area contributed by atoms with Crippen LogP contribution in [-0.4, -0.2) is 17.0 Å². The maximum Gasteiger partial charge on any atom is 0.305 e. The van der Waals surface area contributed by atoms with E-state index in [1.54, 1.807) is 30.3 Å². The van der Waals surface area contributed by atoms with Gasteiger partial charge in [-0.2, -0.15) is 0 Å². The fourth-order valence-corrected chi connectivity index (χ4v) is 3.36. The van der Waals surface area contributed by atoms with Crippen molar-refractivity contribution in [3.05, 3.63) is 70.5 Å². The zero-order valence-corrected chi connectivity index (χ0v) is 14.0. The van der Waals surface area contributed by atoms with E-state index >= 15 is 0 Å². The number of carbonyl (C=O) groups excluding carboxylic acids is 1. The fraction of sp³-hybridized carbons (Fsp3) is 0.263. The molecular formula is C19H17ClFNO3. The molecule has 1 aliphatic rings. The molecule has 2 aromatic rings. The Kier molecular flexibility index (Phi) is 5.04. The quantitative estimate of drug-likeness (QED) is 0.819. The number of hydrogen-bond donors (Lipinski definition) is 2. The molecular weight excluding hydrogens is 345 g/mol. The molecule has 1 saturated carbocycles. The Morgan fingerprint density at radius 2 is 1.92 bits per heavy atom. The van der Waals surface area contributed by atoms with Crippen LogP contribution >= 0.6 is 11.6 Å². The van der Waals surface area contributed by atoms with E-state index < -0.39 is 23.7 Å². The molecule has 1 fully saturated rings. The second kappa shape index (κ2) is 7.23. The smallest absolute Gasteiger partial charge is 0.305 e. The van der Waals surface area contributed by atoms with Gasteiger partial charge in [0.1, 0.15) is 5.82 Å². The van der Waals surface area contributed by atoms with Gasteiger partial charge in [0.2, 0.25) is 5.91 Å². The van der Waals surface area contributed by atoms with Gasteiger partial charge in [-0.1, -0.05) is 48.0 Å². The van der Waals surface area contributed by atoms with E-state index in [4.69, 9.17) is 16.7 Å². The van der Waals surface area contributed by atoms with Crippen LogP contribution < -0.4 is 5.32 Å². The van der Waals surface area contributed by atoms with Crippen LogP contribution in [0.3, 0.4) is 0 Å². The molecule has 1 amide bonds. The van der Waals surface area contributed by atoms with E-state index in [1.165, 1.54) is 12.1 Å². The number of benzene rings is 2. The van der Waals surface area contributed by atoms with Crippen molar-refractivity contribution >= 4 is 23.5 Å². The molecule has 0 aromatic heterocycles. The van der Waals surface area contributed by atoms with Gasteiger partial charge >= 0.3 is 5.97 Å². The lowest BCUT2D eigenvalue weighted by Crippen LogP contribution is -2.31. The zero-order valence-electron chi connectivity index (χ0n) is 13.3. The number of hydrogen-bond acceptors (Lipinski definition) is 2. The van der Waals surface area contributed by atoms with Gasteiger partial charge in [-0.15, -0.1) is 0 Å². The minimum Gasteiger partial charge on any atom is -0.481 e. The van der Waals surface area contributed by atoms with Gasteiger partial charge in [0.15, 0.2) is 0 Å². The Hall–Kier alpha value is -2.40. The van der Waals surface area contributed by atoms with Gasteiger partial charge in [-0.3, -0.25) is 9.59 Å². The molecule has 0 bridgehead atoms. The van der Waals surface area contributed by atoms with Crippen LogP contribution in [0, 0.1) is 11.7 Å². The molecule has 25 heavy (non-hydrogen) atoms. The van der Waals surface area contributed by atoms with Crippen molar-refractivity contribution in [2.24, 2.45) is 5.92 Å². The van der Waals surface area contributed by atoms with Crippen LogP contribution in [0.25, 0.3) is 0 Å². The van der Waals surface area contributed by atoms with Crippen LogP contribution in [0.15, 0.2) is 48.5 Å². The molecule has 3 rings (SSSR count). The van der Waals surface area contributed by atoms with Gasteiger partial charge in [-0.25, -0.2) is 4.39 Å². The molecule has 0 heterocycles. The van der Waals surface area contributed by atoms with Gasteiger partial charge < -0.3 is 10.4 Å². The lowest BCUT2D eigenvalue weighted by atomic mass is 10.0.